The largest absolute Gasteiger partial charge is 0.497 e. The maximum atomic E-state index is 14.2. The Balaban J connectivity index is 1.58. The van der Waals surface area contributed by atoms with Gasteiger partial charge in [-0.25, -0.2) is 9.80 Å². The normalized spacial score (nSPS) is 18.8. The van der Waals surface area contributed by atoms with Crippen molar-refractivity contribution in [3.63, 3.8) is 0 Å². The summed E-state index contributed by atoms with van der Waals surface area (Å²) in [6.07, 6.45) is 0.00869. The molecule has 2 N–H and O–H groups in total. The minimum Gasteiger partial charge on any atom is -0.497 e. The molecule has 45 heavy (non-hydrogen) atoms. The van der Waals surface area contributed by atoms with Crippen molar-refractivity contribution in [1.82, 2.24) is 20.5 Å². The van der Waals surface area contributed by atoms with E-state index in [9.17, 15) is 19.2 Å². The summed E-state index contributed by atoms with van der Waals surface area (Å²) < 4.78 is 16.6. The first-order valence-electron chi connectivity index (χ1n) is 14.9. The van der Waals surface area contributed by atoms with Gasteiger partial charge in [0.2, 0.25) is 11.8 Å². The van der Waals surface area contributed by atoms with Crippen LogP contribution in [-0.4, -0.2) is 90.5 Å². The number of hydrazone groups is 1. The van der Waals surface area contributed by atoms with Crippen LogP contribution in [0.3, 0.4) is 0 Å². The second-order valence-corrected chi connectivity index (χ2v) is 12.9. The first-order valence-corrected chi connectivity index (χ1v) is 14.9. The zero-order valence-corrected chi connectivity index (χ0v) is 27.0. The number of carbonyl (C=O) groups is 4. The van der Waals surface area contributed by atoms with Gasteiger partial charge < -0.3 is 29.7 Å². The third kappa shape index (κ3) is 7.92. The van der Waals surface area contributed by atoms with Gasteiger partial charge in [0.1, 0.15) is 40.7 Å². The number of hydrogen-bond donors (Lipinski definition) is 2. The summed E-state index contributed by atoms with van der Waals surface area (Å²) in [5, 5.41) is 11.2. The average Bonchev–Trinajstić information content (AvgIpc) is 3.22. The highest BCUT2D eigenvalue weighted by molar-refractivity contribution is 6.13. The number of carbonyl (C=O) groups excluding carboxylic acids is 4. The molecule has 2 aliphatic heterocycles. The quantitative estimate of drug-likeness (QED) is 0.416. The van der Waals surface area contributed by atoms with Crippen molar-refractivity contribution in [2.45, 2.75) is 64.6 Å². The van der Waals surface area contributed by atoms with Crippen LogP contribution in [0, 0.1) is 5.41 Å². The van der Waals surface area contributed by atoms with Crippen molar-refractivity contribution in [2.75, 3.05) is 33.9 Å². The molecule has 2 heterocycles. The van der Waals surface area contributed by atoms with Gasteiger partial charge in [-0.2, -0.15) is 5.10 Å². The number of hydrogen-bond acceptors (Lipinski definition) is 8. The first-order chi connectivity index (χ1) is 21.1. The van der Waals surface area contributed by atoms with Gasteiger partial charge in [-0.3, -0.25) is 14.4 Å². The predicted molar refractivity (Wildman–Crippen MR) is 168 cm³/mol. The molecule has 0 bridgehead atoms. The smallest absolute Gasteiger partial charge is 0.408 e. The summed E-state index contributed by atoms with van der Waals surface area (Å²) in [5.41, 5.74) is -1.54. The van der Waals surface area contributed by atoms with Gasteiger partial charge in [0.15, 0.2) is 0 Å². The van der Waals surface area contributed by atoms with E-state index in [0.29, 0.717) is 30.9 Å². The van der Waals surface area contributed by atoms with E-state index in [1.54, 1.807) is 57.0 Å². The van der Waals surface area contributed by atoms with Crippen LogP contribution in [0.15, 0.2) is 59.7 Å². The van der Waals surface area contributed by atoms with Crippen molar-refractivity contribution in [3.05, 3.63) is 60.2 Å². The predicted octanol–water partition coefficient (Wildman–Crippen LogP) is 3.15. The fourth-order valence-electron chi connectivity index (χ4n) is 5.44. The molecule has 0 aliphatic carbocycles. The monoisotopic (exact) mass is 621 g/mol. The van der Waals surface area contributed by atoms with E-state index < -0.39 is 40.5 Å². The van der Waals surface area contributed by atoms with E-state index in [4.69, 9.17) is 14.2 Å². The molecule has 12 heteroatoms. The molecular formula is C33H43N5O7. The van der Waals surface area contributed by atoms with Crippen molar-refractivity contribution in [1.29, 1.82) is 0 Å². The van der Waals surface area contributed by atoms with Crippen LogP contribution in [0.25, 0.3) is 0 Å². The number of nitrogens with zero attached hydrogens (tertiary/aromatic N) is 3. The summed E-state index contributed by atoms with van der Waals surface area (Å²) in [6.45, 7) is 8.37. The van der Waals surface area contributed by atoms with Gasteiger partial charge >= 0.3 is 6.09 Å². The Morgan fingerprint density at radius 3 is 2.38 bits per heavy atom. The second-order valence-electron chi connectivity index (χ2n) is 12.9. The Kier molecular flexibility index (Phi) is 9.74. The summed E-state index contributed by atoms with van der Waals surface area (Å²) in [4.78, 5) is 55.5. The fraction of sp³-hybridized carbons (Fsp3) is 0.485. The van der Waals surface area contributed by atoms with Crippen LogP contribution in [0.1, 0.15) is 46.6 Å². The Morgan fingerprint density at radius 1 is 1.02 bits per heavy atom. The van der Waals surface area contributed by atoms with Gasteiger partial charge in [-0.1, -0.05) is 36.4 Å². The molecule has 242 valence electrons. The maximum Gasteiger partial charge on any atom is 0.408 e. The third-order valence-electron chi connectivity index (χ3n) is 7.71. The number of fused-ring (bicyclic) bond motifs is 1. The SMILES string of the molecule is COc1cccc(OCC(NC(=O)C(C)(C)NC(=O)OC(C)(C)C)C(=O)N2CCC3=NN(C)C(=O)[C@]3(Cc3ccccc3)C2)c1. The molecule has 1 saturated heterocycles. The number of ether oxygens (including phenoxy) is 3. The molecule has 0 radical (unpaired) electrons. The summed E-state index contributed by atoms with van der Waals surface area (Å²) in [6, 6.07) is 15.4. The molecule has 2 aromatic carbocycles. The van der Waals surface area contributed by atoms with Gasteiger partial charge in [-0.15, -0.1) is 0 Å². The van der Waals surface area contributed by atoms with Gasteiger partial charge in [0.05, 0.1) is 12.8 Å². The van der Waals surface area contributed by atoms with Crippen molar-refractivity contribution >= 4 is 29.5 Å². The van der Waals surface area contributed by atoms with Gasteiger partial charge in [0, 0.05) is 32.6 Å². The zero-order chi connectivity index (χ0) is 33.0. The first kappa shape index (κ1) is 33.3. The number of methoxy groups -OCH3 is 1. The van der Waals surface area contributed by atoms with E-state index in [1.165, 1.54) is 26.0 Å². The molecule has 12 nitrogen and oxygen atoms in total. The minimum atomic E-state index is -1.43. The van der Waals surface area contributed by atoms with E-state index in [1.807, 2.05) is 30.3 Å². The molecule has 2 aliphatic rings. The van der Waals surface area contributed by atoms with E-state index >= 15 is 0 Å². The summed E-state index contributed by atoms with van der Waals surface area (Å²) in [5.74, 6) is -0.218. The molecule has 4 amide bonds. The number of amides is 4. The van der Waals surface area contributed by atoms with Crippen LogP contribution in [0.5, 0.6) is 11.5 Å². The van der Waals surface area contributed by atoms with Crippen LogP contribution in [-0.2, 0) is 25.5 Å². The molecule has 2 atom stereocenters. The van der Waals surface area contributed by atoms with Crippen molar-refractivity contribution in [2.24, 2.45) is 10.5 Å². The van der Waals surface area contributed by atoms with E-state index in [-0.39, 0.29) is 19.1 Å². The lowest BCUT2D eigenvalue weighted by atomic mass is 9.73. The number of rotatable bonds is 10. The Hall–Kier alpha value is -4.61. The highest BCUT2D eigenvalue weighted by atomic mass is 16.6. The molecule has 0 aromatic heterocycles. The highest BCUT2D eigenvalue weighted by Gasteiger charge is 2.54. The standard InChI is InChI=1S/C33H43N5O7/c1-31(2,3)45-30(42)35-32(4,5)28(40)34-25(20-44-24-15-11-14-23(18-24)43-7)27(39)38-17-16-26-33(21-38,29(41)37(6)36-26)19-22-12-9-8-10-13-22/h8-15,18,25H,16-17,19-21H2,1-7H3,(H,34,40)(H,35,42)/t25?,33-/m1/s1. The van der Waals surface area contributed by atoms with Crippen molar-refractivity contribution < 1.29 is 33.4 Å². The van der Waals surface area contributed by atoms with E-state index in [2.05, 4.69) is 15.7 Å². The summed E-state index contributed by atoms with van der Waals surface area (Å²) >= 11 is 0. The molecule has 1 unspecified atom stereocenters. The van der Waals surface area contributed by atoms with Crippen LogP contribution < -0.4 is 20.1 Å². The molecule has 4 rings (SSSR count). The Morgan fingerprint density at radius 2 is 1.71 bits per heavy atom. The van der Waals surface area contributed by atoms with Crippen LogP contribution in [0.4, 0.5) is 4.79 Å². The number of alkyl carbamates (subject to hydrolysis) is 1. The number of piperidine rings is 1. The van der Waals surface area contributed by atoms with Gasteiger partial charge in [0.25, 0.3) is 5.91 Å². The highest BCUT2D eigenvalue weighted by Crippen LogP contribution is 2.38. The lowest BCUT2D eigenvalue weighted by Gasteiger charge is -2.41. The maximum absolute atomic E-state index is 14.2. The molecule has 1 fully saturated rings. The topological polar surface area (TPSA) is 139 Å². The van der Waals surface area contributed by atoms with Gasteiger partial charge in [-0.05, 0) is 58.7 Å². The molecule has 0 saturated carbocycles. The zero-order valence-electron chi connectivity index (χ0n) is 27.0. The molecular weight excluding hydrogens is 578 g/mol. The lowest BCUT2D eigenvalue weighted by Crippen LogP contribution is -2.63. The fourth-order valence-corrected chi connectivity index (χ4v) is 5.44. The summed E-state index contributed by atoms with van der Waals surface area (Å²) in [7, 11) is 3.16. The Labute approximate surface area is 264 Å². The number of nitrogens with one attached hydrogen (secondary N) is 2. The second kappa shape index (κ2) is 13.2. The number of benzene rings is 2. The van der Waals surface area contributed by atoms with Crippen LogP contribution in [0.2, 0.25) is 0 Å². The van der Waals surface area contributed by atoms with E-state index in [0.717, 1.165) is 11.3 Å². The van der Waals surface area contributed by atoms with Crippen LogP contribution >= 0.6 is 0 Å². The molecule has 0 spiro atoms. The Bertz CT molecular complexity index is 1450. The third-order valence-corrected chi connectivity index (χ3v) is 7.71. The lowest BCUT2D eigenvalue weighted by molar-refractivity contribution is -0.143. The number of likely N-dealkylation sites (tertiary alicyclic amines) is 1. The average molecular weight is 622 g/mol. The minimum absolute atomic E-state index is 0.0911. The van der Waals surface area contributed by atoms with Crippen molar-refractivity contribution in [3.8, 4) is 11.5 Å². The molecule has 2 aromatic rings.